The Balaban J connectivity index is 2.22. The standard InChI is InChI=1S/C13H16N4O3S2/c1-9(21-2)16-13(22(18,19)20)17-11-5-3-10(4-6-11)12-7-14-8-15-12/h3-9H,1-2H3,(H,14,15)(H,16,17)(H,18,19,20). The lowest BCUT2D eigenvalue weighted by molar-refractivity contribution is 0.498. The van der Waals surface area contributed by atoms with Gasteiger partial charge in [-0.2, -0.15) is 8.42 Å². The van der Waals surface area contributed by atoms with Crippen molar-refractivity contribution < 1.29 is 13.0 Å². The molecule has 0 radical (unpaired) electrons. The lowest BCUT2D eigenvalue weighted by atomic mass is 10.1. The van der Waals surface area contributed by atoms with Crippen molar-refractivity contribution in [1.82, 2.24) is 9.97 Å². The zero-order valence-electron chi connectivity index (χ0n) is 12.0. The van der Waals surface area contributed by atoms with Crippen LogP contribution in [0.15, 0.2) is 41.8 Å². The van der Waals surface area contributed by atoms with Crippen LogP contribution < -0.4 is 5.32 Å². The summed E-state index contributed by atoms with van der Waals surface area (Å²) < 4.78 is 32.0. The maximum Gasteiger partial charge on any atom is 0.328 e. The summed E-state index contributed by atoms with van der Waals surface area (Å²) in [5.41, 5.74) is 2.27. The lowest BCUT2D eigenvalue weighted by Gasteiger charge is -2.10. The van der Waals surface area contributed by atoms with Gasteiger partial charge in [0.25, 0.3) is 0 Å². The number of rotatable bonds is 4. The van der Waals surface area contributed by atoms with Crippen LogP contribution in [0.2, 0.25) is 0 Å². The highest BCUT2D eigenvalue weighted by Gasteiger charge is 2.17. The normalized spacial score (nSPS) is 13.9. The fourth-order valence-electron chi connectivity index (χ4n) is 1.65. The van der Waals surface area contributed by atoms with Crippen molar-refractivity contribution in [1.29, 1.82) is 0 Å². The number of H-pyrrole nitrogens is 1. The van der Waals surface area contributed by atoms with Gasteiger partial charge in [-0.05, 0) is 30.9 Å². The summed E-state index contributed by atoms with van der Waals surface area (Å²) >= 11 is 1.37. The predicted molar refractivity (Wildman–Crippen MR) is 89.6 cm³/mol. The number of imidazole rings is 1. The molecule has 1 atom stereocenters. The van der Waals surface area contributed by atoms with Gasteiger partial charge in [-0.15, -0.1) is 11.8 Å². The third-order valence-corrected chi connectivity index (χ3v) is 4.31. The number of nitrogens with zero attached hydrogens (tertiary/aromatic N) is 2. The number of benzene rings is 1. The van der Waals surface area contributed by atoms with Crippen LogP contribution in [-0.2, 0) is 10.1 Å². The summed E-state index contributed by atoms with van der Waals surface area (Å²) in [6.45, 7) is 1.73. The third kappa shape index (κ3) is 4.33. The molecule has 22 heavy (non-hydrogen) atoms. The highest BCUT2D eigenvalue weighted by Crippen LogP contribution is 2.19. The molecule has 0 spiro atoms. The van der Waals surface area contributed by atoms with E-state index < -0.39 is 15.3 Å². The molecule has 3 N–H and O–H groups in total. The maximum atomic E-state index is 11.4. The minimum absolute atomic E-state index is 0.298. The summed E-state index contributed by atoms with van der Waals surface area (Å²) in [6, 6.07) is 6.99. The van der Waals surface area contributed by atoms with E-state index in [0.717, 1.165) is 11.3 Å². The van der Waals surface area contributed by atoms with E-state index in [-0.39, 0.29) is 5.37 Å². The molecule has 2 aromatic rings. The van der Waals surface area contributed by atoms with Gasteiger partial charge in [0.1, 0.15) is 0 Å². The number of aliphatic imine (C=N–C) groups is 1. The zero-order chi connectivity index (χ0) is 16.2. The predicted octanol–water partition coefficient (Wildman–Crippen LogP) is 2.44. The van der Waals surface area contributed by atoms with Crippen LogP contribution in [0, 0.1) is 0 Å². The minimum atomic E-state index is -4.41. The molecule has 0 aliphatic heterocycles. The fraction of sp³-hybridized carbons (Fsp3) is 0.231. The second-order valence-corrected chi connectivity index (χ2v) is 6.90. The topological polar surface area (TPSA) is 107 Å². The van der Waals surface area contributed by atoms with Crippen LogP contribution in [0.3, 0.4) is 0 Å². The molecule has 9 heteroatoms. The Morgan fingerprint density at radius 1 is 1.41 bits per heavy atom. The Bertz CT molecular complexity index is 740. The monoisotopic (exact) mass is 340 g/mol. The molecule has 0 amide bonds. The summed E-state index contributed by atoms with van der Waals surface area (Å²) in [6.07, 6.45) is 5.07. The van der Waals surface area contributed by atoms with Gasteiger partial charge in [-0.3, -0.25) is 4.55 Å². The first-order chi connectivity index (χ1) is 10.4. The summed E-state index contributed by atoms with van der Waals surface area (Å²) in [4.78, 5) is 10.9. The van der Waals surface area contributed by atoms with Gasteiger partial charge in [-0.1, -0.05) is 12.1 Å². The first-order valence-corrected chi connectivity index (χ1v) is 9.07. The Labute approximate surface area is 133 Å². The van der Waals surface area contributed by atoms with Gasteiger partial charge in [0.2, 0.25) is 5.17 Å². The van der Waals surface area contributed by atoms with Crippen molar-refractivity contribution in [3.05, 3.63) is 36.8 Å². The van der Waals surface area contributed by atoms with Gasteiger partial charge in [0, 0.05) is 5.69 Å². The number of aromatic amines is 1. The number of hydrogen-bond donors (Lipinski definition) is 3. The molecule has 7 nitrogen and oxygen atoms in total. The van der Waals surface area contributed by atoms with Gasteiger partial charge in [0.15, 0.2) is 0 Å². The van der Waals surface area contributed by atoms with Crippen LogP contribution in [0.25, 0.3) is 11.3 Å². The molecule has 0 fully saturated rings. The molecule has 0 bridgehead atoms. The molecular formula is C13H16N4O3S2. The van der Waals surface area contributed by atoms with E-state index in [2.05, 4.69) is 20.3 Å². The molecule has 0 aliphatic rings. The van der Waals surface area contributed by atoms with E-state index >= 15 is 0 Å². The Kier molecular flexibility index (Phi) is 5.22. The number of thioether (sulfide) groups is 1. The average molecular weight is 340 g/mol. The molecule has 2 rings (SSSR count). The molecule has 0 saturated carbocycles. The highest BCUT2D eigenvalue weighted by atomic mass is 32.2. The molecule has 118 valence electrons. The van der Waals surface area contributed by atoms with E-state index in [1.807, 2.05) is 0 Å². The van der Waals surface area contributed by atoms with Crippen LogP contribution in [-0.4, -0.2) is 39.7 Å². The largest absolute Gasteiger partial charge is 0.345 e. The van der Waals surface area contributed by atoms with E-state index in [1.165, 1.54) is 11.8 Å². The van der Waals surface area contributed by atoms with Gasteiger partial charge in [-0.25, -0.2) is 9.98 Å². The van der Waals surface area contributed by atoms with E-state index in [0.29, 0.717) is 5.69 Å². The quantitative estimate of drug-likeness (QED) is 0.448. The second kappa shape index (κ2) is 6.95. The number of hydrogen-bond acceptors (Lipinski definition) is 5. The molecule has 1 unspecified atom stereocenters. The van der Waals surface area contributed by atoms with Gasteiger partial charge in [0.05, 0.1) is 23.6 Å². The molecule has 1 heterocycles. The van der Waals surface area contributed by atoms with Gasteiger partial charge < -0.3 is 10.3 Å². The van der Waals surface area contributed by atoms with E-state index in [9.17, 15) is 13.0 Å². The first kappa shape index (κ1) is 16.5. The number of nitrogens with one attached hydrogen (secondary N) is 2. The smallest absolute Gasteiger partial charge is 0.328 e. The summed E-state index contributed by atoms with van der Waals surface area (Å²) in [5, 5.41) is 1.86. The highest BCUT2D eigenvalue weighted by molar-refractivity contribution is 8.02. The van der Waals surface area contributed by atoms with Crippen molar-refractivity contribution in [3.8, 4) is 11.3 Å². The Morgan fingerprint density at radius 2 is 2.09 bits per heavy atom. The number of amidine groups is 1. The van der Waals surface area contributed by atoms with Crippen molar-refractivity contribution in [2.24, 2.45) is 4.99 Å². The number of anilines is 1. The SMILES string of the molecule is CSC(C)/N=C(/Nc1ccc(-c2cnc[nH]2)cc1)S(=O)(=O)O. The zero-order valence-corrected chi connectivity index (χ0v) is 13.6. The summed E-state index contributed by atoms with van der Waals surface area (Å²) in [7, 11) is -4.41. The molecule has 1 aromatic heterocycles. The third-order valence-electron chi connectivity index (χ3n) is 2.83. The van der Waals surface area contributed by atoms with E-state index in [1.54, 1.807) is 50.0 Å². The number of aromatic nitrogens is 2. The summed E-state index contributed by atoms with van der Waals surface area (Å²) in [5.74, 6) is 0. The molecule has 0 aliphatic carbocycles. The fourth-order valence-corrected chi connectivity index (χ4v) is 2.47. The molecule has 0 saturated heterocycles. The van der Waals surface area contributed by atoms with Crippen molar-refractivity contribution >= 4 is 32.7 Å². The van der Waals surface area contributed by atoms with Crippen molar-refractivity contribution in [3.63, 3.8) is 0 Å². The van der Waals surface area contributed by atoms with Crippen LogP contribution in [0.5, 0.6) is 0 Å². The minimum Gasteiger partial charge on any atom is -0.345 e. The van der Waals surface area contributed by atoms with Crippen LogP contribution in [0.1, 0.15) is 6.92 Å². The Morgan fingerprint density at radius 3 is 2.59 bits per heavy atom. The maximum absolute atomic E-state index is 11.4. The van der Waals surface area contributed by atoms with Crippen LogP contribution >= 0.6 is 11.8 Å². The van der Waals surface area contributed by atoms with Crippen molar-refractivity contribution in [2.75, 3.05) is 11.6 Å². The molecule has 1 aromatic carbocycles. The lowest BCUT2D eigenvalue weighted by Crippen LogP contribution is -2.24. The van der Waals surface area contributed by atoms with Crippen LogP contribution in [0.4, 0.5) is 5.69 Å². The van der Waals surface area contributed by atoms with Gasteiger partial charge >= 0.3 is 10.1 Å². The second-order valence-electron chi connectivity index (χ2n) is 4.41. The molecular weight excluding hydrogens is 324 g/mol. The average Bonchev–Trinajstić information content (AvgIpc) is 3.00. The first-order valence-electron chi connectivity index (χ1n) is 6.34. The Hall–Kier alpha value is -1.84. The van der Waals surface area contributed by atoms with E-state index in [4.69, 9.17) is 0 Å². The van der Waals surface area contributed by atoms with Crippen molar-refractivity contribution in [2.45, 2.75) is 12.3 Å².